The van der Waals surface area contributed by atoms with Gasteiger partial charge in [0.25, 0.3) is 5.56 Å². The molecule has 1 N–H and O–H groups in total. The molecule has 0 saturated heterocycles. The molecule has 2 aromatic rings. The summed E-state index contributed by atoms with van der Waals surface area (Å²) in [5, 5.41) is 3.97. The monoisotopic (exact) mass is 333 g/mol. The topological polar surface area (TPSA) is 64.0 Å². The lowest BCUT2D eigenvalue weighted by Crippen LogP contribution is -2.30. The number of carbonyl (C=O) groups excluding carboxylic acids is 1. The van der Waals surface area contributed by atoms with Gasteiger partial charge in [-0.1, -0.05) is 13.0 Å². The Balaban J connectivity index is 1.99. The number of hydrogen-bond acceptors (Lipinski definition) is 4. The molecule has 0 aliphatic heterocycles. The van der Waals surface area contributed by atoms with E-state index in [0.29, 0.717) is 6.54 Å². The minimum absolute atomic E-state index is 0.0579. The molecular weight excluding hydrogens is 310 g/mol. The number of aryl methyl sites for hydroxylation is 3. The molecule has 0 aliphatic carbocycles. The molecule has 6 heteroatoms. The van der Waals surface area contributed by atoms with E-state index in [2.05, 4.69) is 10.3 Å². The number of nitrogens with zero attached hydrogens (tertiary/aromatic N) is 2. The van der Waals surface area contributed by atoms with E-state index in [1.54, 1.807) is 22.0 Å². The largest absolute Gasteiger partial charge is 0.347 e. The van der Waals surface area contributed by atoms with E-state index in [4.69, 9.17) is 0 Å². The van der Waals surface area contributed by atoms with Crippen LogP contribution >= 0.6 is 11.3 Å². The van der Waals surface area contributed by atoms with Crippen molar-refractivity contribution in [2.45, 2.75) is 53.1 Å². The Morgan fingerprint density at radius 2 is 2.09 bits per heavy atom. The Morgan fingerprint density at radius 3 is 2.65 bits per heavy atom. The number of aromatic nitrogens is 2. The van der Waals surface area contributed by atoms with Crippen molar-refractivity contribution in [2.75, 3.05) is 0 Å². The van der Waals surface area contributed by atoms with Crippen molar-refractivity contribution in [1.82, 2.24) is 14.9 Å². The average molecular weight is 333 g/mol. The maximum atomic E-state index is 12.2. The van der Waals surface area contributed by atoms with Crippen LogP contribution in [0.1, 0.15) is 47.1 Å². The fourth-order valence-corrected chi connectivity index (χ4v) is 3.43. The van der Waals surface area contributed by atoms with Crippen LogP contribution in [0.3, 0.4) is 0 Å². The number of thiazole rings is 1. The molecule has 5 nitrogen and oxygen atoms in total. The van der Waals surface area contributed by atoms with Gasteiger partial charge in [-0.3, -0.25) is 9.59 Å². The van der Waals surface area contributed by atoms with E-state index >= 15 is 0 Å². The van der Waals surface area contributed by atoms with Crippen LogP contribution in [0.4, 0.5) is 0 Å². The normalized spacial score (nSPS) is 12.2. The molecule has 2 rings (SSSR count). The van der Waals surface area contributed by atoms with Crippen molar-refractivity contribution in [2.24, 2.45) is 0 Å². The van der Waals surface area contributed by atoms with Crippen LogP contribution in [0, 0.1) is 20.8 Å². The van der Waals surface area contributed by atoms with Crippen molar-refractivity contribution in [3.63, 3.8) is 0 Å². The van der Waals surface area contributed by atoms with E-state index in [0.717, 1.165) is 22.8 Å². The third kappa shape index (κ3) is 4.28. The standard InChI is InChI=1S/C17H23N3O2S/c1-5-14(17-18-12(3)13(4)23-17)19-15(21)9-10-20-11(2)7-6-8-16(20)22/h6-8,14H,5,9-10H2,1-4H3,(H,19,21)/t14-/m1/s1. The van der Waals surface area contributed by atoms with Gasteiger partial charge >= 0.3 is 0 Å². The highest BCUT2D eigenvalue weighted by molar-refractivity contribution is 7.11. The third-order valence-electron chi connectivity index (χ3n) is 3.92. The first kappa shape index (κ1) is 17.4. The number of amides is 1. The second-order valence-corrected chi connectivity index (χ2v) is 6.86. The third-order valence-corrected chi connectivity index (χ3v) is 5.10. The van der Waals surface area contributed by atoms with Crippen LogP contribution in [-0.2, 0) is 11.3 Å². The molecule has 0 radical (unpaired) electrons. The zero-order valence-electron chi connectivity index (χ0n) is 14.0. The highest BCUT2D eigenvalue weighted by Crippen LogP contribution is 2.24. The van der Waals surface area contributed by atoms with Crippen molar-refractivity contribution in [3.8, 4) is 0 Å². The van der Waals surface area contributed by atoms with Crippen LogP contribution < -0.4 is 10.9 Å². The van der Waals surface area contributed by atoms with E-state index < -0.39 is 0 Å². The first-order valence-corrected chi connectivity index (χ1v) is 8.63. The molecular formula is C17H23N3O2S. The average Bonchev–Trinajstić information content (AvgIpc) is 2.83. The molecule has 0 spiro atoms. The Morgan fingerprint density at radius 1 is 1.35 bits per heavy atom. The summed E-state index contributed by atoms with van der Waals surface area (Å²) in [6.45, 7) is 8.31. The molecule has 1 amide bonds. The lowest BCUT2D eigenvalue weighted by Gasteiger charge is -2.15. The number of carbonyl (C=O) groups is 1. The van der Waals surface area contributed by atoms with Gasteiger partial charge in [0, 0.05) is 29.6 Å². The molecule has 1 atom stereocenters. The summed E-state index contributed by atoms with van der Waals surface area (Å²) in [5.74, 6) is -0.0579. The fourth-order valence-electron chi connectivity index (χ4n) is 2.37. The number of nitrogens with one attached hydrogen (secondary N) is 1. The summed E-state index contributed by atoms with van der Waals surface area (Å²) in [7, 11) is 0. The van der Waals surface area contributed by atoms with Gasteiger partial charge in [0.05, 0.1) is 11.7 Å². The molecule has 23 heavy (non-hydrogen) atoms. The zero-order valence-corrected chi connectivity index (χ0v) is 14.9. The Kier molecular flexibility index (Phi) is 5.71. The molecule has 124 valence electrons. The quantitative estimate of drug-likeness (QED) is 0.884. The van der Waals surface area contributed by atoms with Gasteiger partial charge in [-0.15, -0.1) is 11.3 Å². The SMILES string of the molecule is CC[C@@H](NC(=O)CCn1c(C)cccc1=O)c1nc(C)c(C)s1. The first-order chi connectivity index (χ1) is 10.9. The highest BCUT2D eigenvalue weighted by Gasteiger charge is 2.17. The van der Waals surface area contributed by atoms with Crippen LogP contribution in [0.15, 0.2) is 23.0 Å². The van der Waals surface area contributed by atoms with Crippen LogP contribution in [0.5, 0.6) is 0 Å². The molecule has 0 saturated carbocycles. The molecule has 2 heterocycles. The maximum Gasteiger partial charge on any atom is 0.250 e. The second-order valence-electron chi connectivity index (χ2n) is 5.63. The number of rotatable bonds is 6. The van der Waals surface area contributed by atoms with Crippen molar-refractivity contribution in [3.05, 3.63) is 49.8 Å². The van der Waals surface area contributed by atoms with Gasteiger partial charge < -0.3 is 9.88 Å². The van der Waals surface area contributed by atoms with E-state index in [1.165, 1.54) is 10.9 Å². The minimum Gasteiger partial charge on any atom is -0.347 e. The van der Waals surface area contributed by atoms with E-state index in [-0.39, 0.29) is 23.9 Å². The molecule has 0 unspecified atom stereocenters. The molecule has 2 aromatic heterocycles. The maximum absolute atomic E-state index is 12.2. The molecule has 0 aromatic carbocycles. The molecule has 0 fully saturated rings. The summed E-state index contributed by atoms with van der Waals surface area (Å²) < 4.78 is 1.62. The van der Waals surface area contributed by atoms with Crippen molar-refractivity contribution in [1.29, 1.82) is 0 Å². The van der Waals surface area contributed by atoms with Gasteiger partial charge in [0.1, 0.15) is 5.01 Å². The Bertz CT molecular complexity index is 729. The second kappa shape index (κ2) is 7.55. The lowest BCUT2D eigenvalue weighted by atomic mass is 10.2. The van der Waals surface area contributed by atoms with Gasteiger partial charge in [-0.2, -0.15) is 0 Å². The number of pyridine rings is 1. The van der Waals surface area contributed by atoms with Gasteiger partial charge in [0.15, 0.2) is 0 Å². The zero-order chi connectivity index (χ0) is 17.0. The fraction of sp³-hybridized carbons (Fsp3) is 0.471. The van der Waals surface area contributed by atoms with Gasteiger partial charge in [-0.05, 0) is 33.3 Å². The lowest BCUT2D eigenvalue weighted by molar-refractivity contribution is -0.122. The van der Waals surface area contributed by atoms with E-state index in [9.17, 15) is 9.59 Å². The summed E-state index contributed by atoms with van der Waals surface area (Å²) in [6.07, 6.45) is 1.08. The predicted molar refractivity (Wildman–Crippen MR) is 92.8 cm³/mol. The smallest absolute Gasteiger partial charge is 0.250 e. The highest BCUT2D eigenvalue weighted by atomic mass is 32.1. The summed E-state index contributed by atoms with van der Waals surface area (Å²) in [6, 6.07) is 5.05. The summed E-state index contributed by atoms with van der Waals surface area (Å²) in [4.78, 5) is 29.7. The molecule has 0 bridgehead atoms. The predicted octanol–water partition coefficient (Wildman–Crippen LogP) is 2.89. The summed E-state index contributed by atoms with van der Waals surface area (Å²) >= 11 is 1.63. The van der Waals surface area contributed by atoms with Crippen LogP contribution in [0.2, 0.25) is 0 Å². The number of hydrogen-bond donors (Lipinski definition) is 1. The minimum atomic E-state index is -0.0731. The van der Waals surface area contributed by atoms with E-state index in [1.807, 2.05) is 33.8 Å². The van der Waals surface area contributed by atoms with Crippen LogP contribution in [0.25, 0.3) is 0 Å². The van der Waals surface area contributed by atoms with Crippen molar-refractivity contribution >= 4 is 17.2 Å². The summed E-state index contributed by atoms with van der Waals surface area (Å²) in [5.41, 5.74) is 1.81. The van der Waals surface area contributed by atoms with Crippen molar-refractivity contribution < 1.29 is 4.79 Å². The molecule has 0 aliphatic rings. The first-order valence-electron chi connectivity index (χ1n) is 7.82. The Hall–Kier alpha value is -1.95. The van der Waals surface area contributed by atoms with Crippen LogP contribution in [-0.4, -0.2) is 15.5 Å². The van der Waals surface area contributed by atoms with Gasteiger partial charge in [-0.25, -0.2) is 4.98 Å². The Labute approximate surface area is 140 Å². The van der Waals surface area contributed by atoms with Gasteiger partial charge in [0.2, 0.25) is 5.91 Å².